The highest BCUT2D eigenvalue weighted by atomic mass is 35.5. The normalized spacial score (nSPS) is 12.5. The van der Waals surface area contributed by atoms with Crippen LogP contribution in [0.2, 0.25) is 5.02 Å². The number of halogens is 1. The summed E-state index contributed by atoms with van der Waals surface area (Å²) >= 11 is 6.14. The van der Waals surface area contributed by atoms with Crippen molar-refractivity contribution >= 4 is 39.1 Å². The van der Waals surface area contributed by atoms with Crippen LogP contribution in [0.3, 0.4) is 0 Å². The third-order valence-corrected chi connectivity index (χ3v) is 9.55. The molecule has 45 heavy (non-hydrogen) atoms. The maximum Gasteiger partial charge on any atom is 0.264 e. The number of rotatable bonds is 14. The third kappa shape index (κ3) is 8.86. The summed E-state index contributed by atoms with van der Waals surface area (Å²) in [6.07, 6.45) is 0.936. The minimum absolute atomic E-state index is 0.0354. The molecule has 0 aliphatic rings. The Morgan fingerprint density at radius 1 is 0.844 bits per heavy atom. The Morgan fingerprint density at radius 2 is 1.44 bits per heavy atom. The summed E-state index contributed by atoms with van der Waals surface area (Å²) in [5, 5.41) is 3.57. The number of ether oxygens (including phenoxy) is 1. The smallest absolute Gasteiger partial charge is 0.264 e. The summed E-state index contributed by atoms with van der Waals surface area (Å²) in [6, 6.07) is 29.8. The van der Waals surface area contributed by atoms with Crippen LogP contribution in [-0.2, 0) is 32.6 Å². The van der Waals surface area contributed by atoms with Gasteiger partial charge in [0.15, 0.2) is 0 Å². The number of anilines is 1. The Hall–Kier alpha value is -4.34. The first kappa shape index (κ1) is 33.6. The van der Waals surface area contributed by atoms with Gasteiger partial charge in [-0.05, 0) is 73.0 Å². The first-order valence-electron chi connectivity index (χ1n) is 14.7. The summed E-state index contributed by atoms with van der Waals surface area (Å²) in [4.78, 5) is 29.9. The molecule has 0 unspecified atom stereocenters. The van der Waals surface area contributed by atoms with Gasteiger partial charge in [-0.1, -0.05) is 79.2 Å². The van der Waals surface area contributed by atoms with Crippen molar-refractivity contribution in [1.82, 2.24) is 10.2 Å². The van der Waals surface area contributed by atoms with Gasteiger partial charge in [0.05, 0.1) is 17.7 Å². The number of methoxy groups -OCH3 is 1. The van der Waals surface area contributed by atoms with Gasteiger partial charge in [-0.15, -0.1) is 0 Å². The summed E-state index contributed by atoms with van der Waals surface area (Å²) in [6.45, 7) is 3.39. The van der Waals surface area contributed by atoms with E-state index >= 15 is 0 Å². The Balaban J connectivity index is 1.79. The van der Waals surface area contributed by atoms with Gasteiger partial charge in [0, 0.05) is 24.0 Å². The number of hydrogen-bond acceptors (Lipinski definition) is 5. The van der Waals surface area contributed by atoms with E-state index in [1.54, 1.807) is 66.7 Å². The number of nitrogens with zero attached hydrogens (tertiary/aromatic N) is 2. The second kappa shape index (κ2) is 15.6. The molecule has 0 bridgehead atoms. The van der Waals surface area contributed by atoms with Crippen molar-refractivity contribution in [2.75, 3.05) is 18.0 Å². The minimum atomic E-state index is -4.18. The van der Waals surface area contributed by atoms with Gasteiger partial charge < -0.3 is 15.0 Å². The topological polar surface area (TPSA) is 96.0 Å². The van der Waals surface area contributed by atoms with Crippen molar-refractivity contribution in [3.63, 3.8) is 0 Å². The molecular weight excluding hydrogens is 610 g/mol. The number of carbonyl (C=O) groups excluding carboxylic acids is 2. The second-order valence-corrected chi connectivity index (χ2v) is 13.0. The molecule has 0 fully saturated rings. The predicted octanol–water partition coefficient (Wildman–Crippen LogP) is 6.10. The maximum absolute atomic E-state index is 14.5. The number of nitrogens with one attached hydrogen (secondary N) is 1. The lowest BCUT2D eigenvalue weighted by Crippen LogP contribution is -2.54. The quantitative estimate of drug-likeness (QED) is 0.179. The van der Waals surface area contributed by atoms with Crippen LogP contribution in [0, 0.1) is 0 Å². The molecule has 0 saturated carbocycles. The molecule has 8 nitrogen and oxygen atoms in total. The van der Waals surface area contributed by atoms with Gasteiger partial charge in [-0.2, -0.15) is 0 Å². The van der Waals surface area contributed by atoms with Gasteiger partial charge in [0.2, 0.25) is 11.8 Å². The minimum Gasteiger partial charge on any atom is -0.497 e. The van der Waals surface area contributed by atoms with Gasteiger partial charge in [-0.25, -0.2) is 8.42 Å². The fourth-order valence-corrected chi connectivity index (χ4v) is 6.34. The summed E-state index contributed by atoms with van der Waals surface area (Å²) in [5.74, 6) is -0.325. The van der Waals surface area contributed by atoms with E-state index < -0.39 is 28.5 Å². The highest BCUT2D eigenvalue weighted by molar-refractivity contribution is 7.92. The van der Waals surface area contributed by atoms with Gasteiger partial charge >= 0.3 is 0 Å². The third-order valence-electron chi connectivity index (χ3n) is 7.51. The Labute approximate surface area is 270 Å². The average molecular weight is 648 g/mol. The zero-order valence-corrected chi connectivity index (χ0v) is 27.2. The molecule has 236 valence electrons. The molecule has 4 aromatic rings. The number of carbonyl (C=O) groups is 2. The molecule has 0 aromatic heterocycles. The largest absolute Gasteiger partial charge is 0.497 e. The van der Waals surface area contributed by atoms with Crippen LogP contribution in [0.25, 0.3) is 0 Å². The van der Waals surface area contributed by atoms with Crippen LogP contribution >= 0.6 is 11.6 Å². The molecule has 4 aromatic carbocycles. The summed E-state index contributed by atoms with van der Waals surface area (Å²) in [5.41, 5.74) is 1.88. The van der Waals surface area contributed by atoms with Crippen molar-refractivity contribution in [2.45, 2.75) is 50.2 Å². The van der Waals surface area contributed by atoms with Crippen molar-refractivity contribution in [3.8, 4) is 5.75 Å². The van der Waals surface area contributed by atoms with E-state index in [1.807, 2.05) is 44.2 Å². The molecule has 10 heteroatoms. The Kier molecular flexibility index (Phi) is 11.6. The molecule has 0 aliphatic heterocycles. The fourth-order valence-electron chi connectivity index (χ4n) is 4.78. The molecule has 0 spiro atoms. The monoisotopic (exact) mass is 647 g/mol. The SMILES string of the molecule is CC[C@@H](C)NC(=O)[C@@H](Cc1ccccc1)N(Cc1ccc(Cl)cc1)C(=O)CN(c1ccc(OC)cc1)S(=O)(=O)c1ccccc1. The van der Waals surface area contributed by atoms with Crippen LogP contribution in [-0.4, -0.2) is 50.9 Å². The lowest BCUT2D eigenvalue weighted by Gasteiger charge is -2.34. The highest BCUT2D eigenvalue weighted by Crippen LogP contribution is 2.27. The second-order valence-electron chi connectivity index (χ2n) is 10.7. The number of hydrogen-bond donors (Lipinski definition) is 1. The Bertz CT molecular complexity index is 1650. The fraction of sp³-hybridized carbons (Fsp3) is 0.257. The van der Waals surface area contributed by atoms with E-state index in [0.29, 0.717) is 17.2 Å². The number of amides is 2. The molecule has 0 heterocycles. The van der Waals surface area contributed by atoms with E-state index in [-0.39, 0.29) is 35.5 Å². The predicted molar refractivity (Wildman–Crippen MR) is 178 cm³/mol. The zero-order chi connectivity index (χ0) is 32.4. The lowest BCUT2D eigenvalue weighted by atomic mass is 10.0. The van der Waals surface area contributed by atoms with Crippen LogP contribution in [0.15, 0.2) is 114 Å². The number of sulfonamides is 1. The molecule has 0 aliphatic carbocycles. The van der Waals surface area contributed by atoms with Crippen molar-refractivity contribution < 1.29 is 22.7 Å². The number of benzene rings is 4. The molecule has 4 rings (SSSR count). The molecule has 0 radical (unpaired) electrons. The molecule has 0 saturated heterocycles. The van der Waals surface area contributed by atoms with Gasteiger partial charge in [0.25, 0.3) is 10.0 Å². The van der Waals surface area contributed by atoms with Crippen molar-refractivity contribution in [2.24, 2.45) is 0 Å². The van der Waals surface area contributed by atoms with E-state index in [2.05, 4.69) is 5.32 Å². The van der Waals surface area contributed by atoms with Crippen LogP contribution in [0.5, 0.6) is 5.75 Å². The van der Waals surface area contributed by atoms with E-state index in [4.69, 9.17) is 16.3 Å². The molecular formula is C35H38ClN3O5S. The van der Waals surface area contributed by atoms with Crippen LogP contribution < -0.4 is 14.4 Å². The van der Waals surface area contributed by atoms with E-state index in [9.17, 15) is 18.0 Å². The zero-order valence-electron chi connectivity index (χ0n) is 25.6. The lowest BCUT2D eigenvalue weighted by molar-refractivity contribution is -0.140. The molecule has 2 atom stereocenters. The average Bonchev–Trinajstić information content (AvgIpc) is 3.06. The Morgan fingerprint density at radius 3 is 2.02 bits per heavy atom. The van der Waals surface area contributed by atoms with Crippen molar-refractivity contribution in [1.29, 1.82) is 0 Å². The van der Waals surface area contributed by atoms with E-state index in [1.165, 1.54) is 24.1 Å². The van der Waals surface area contributed by atoms with Crippen molar-refractivity contribution in [3.05, 3.63) is 125 Å². The van der Waals surface area contributed by atoms with Crippen LogP contribution in [0.4, 0.5) is 5.69 Å². The summed E-state index contributed by atoms with van der Waals surface area (Å²) < 4.78 is 34.4. The maximum atomic E-state index is 14.5. The molecule has 1 N–H and O–H groups in total. The molecule has 2 amide bonds. The van der Waals surface area contributed by atoms with E-state index in [0.717, 1.165) is 15.4 Å². The standard InChI is InChI=1S/C35H38ClN3O5S/c1-4-26(2)37-35(41)33(23-27-11-7-5-8-12-27)38(24-28-15-17-29(36)18-16-28)34(40)25-39(30-19-21-31(44-3)22-20-30)45(42,43)32-13-9-6-10-14-32/h5-22,26,33H,4,23-25H2,1-3H3,(H,37,41)/t26-,33-/m1/s1. The van der Waals surface area contributed by atoms with Gasteiger partial charge in [-0.3, -0.25) is 13.9 Å². The first-order valence-corrected chi connectivity index (χ1v) is 16.5. The first-order chi connectivity index (χ1) is 21.6. The highest BCUT2D eigenvalue weighted by Gasteiger charge is 2.35. The summed E-state index contributed by atoms with van der Waals surface area (Å²) in [7, 11) is -2.66. The van der Waals surface area contributed by atoms with Crippen LogP contribution in [0.1, 0.15) is 31.4 Å². The van der Waals surface area contributed by atoms with Gasteiger partial charge in [0.1, 0.15) is 18.3 Å².